The lowest BCUT2D eigenvalue weighted by Gasteiger charge is -2.09. The van der Waals surface area contributed by atoms with E-state index >= 15 is 0 Å². The molecule has 0 radical (unpaired) electrons. The predicted octanol–water partition coefficient (Wildman–Crippen LogP) is 4.50. The van der Waals surface area contributed by atoms with Crippen LogP contribution in [0, 0.1) is 6.92 Å². The zero-order valence-electron chi connectivity index (χ0n) is 14.0. The van der Waals surface area contributed by atoms with Crippen LogP contribution in [0.2, 0.25) is 0 Å². The molecule has 0 aliphatic carbocycles. The third-order valence-corrected chi connectivity index (χ3v) is 4.91. The van der Waals surface area contributed by atoms with Crippen LogP contribution in [0.1, 0.15) is 21.6 Å². The maximum atomic E-state index is 5.26. The Morgan fingerprint density at radius 3 is 2.60 bits per heavy atom. The van der Waals surface area contributed by atoms with Crippen molar-refractivity contribution in [3.63, 3.8) is 0 Å². The van der Waals surface area contributed by atoms with Crippen molar-refractivity contribution in [3.8, 4) is 5.75 Å². The van der Waals surface area contributed by atoms with Crippen molar-refractivity contribution < 1.29 is 4.74 Å². The Morgan fingerprint density at radius 1 is 1.04 bits per heavy atom. The van der Waals surface area contributed by atoms with Crippen LogP contribution in [0.15, 0.2) is 70.1 Å². The standard InChI is InChI=1S/C20H17N3OS/c1-13-5-10-17-16(12-13)19(14-6-8-15(24-2)9-7-14)22-23-20(21-17)18-4-3-11-25-18/h3-12H,1-2H3,(H,21,23). The van der Waals surface area contributed by atoms with E-state index < -0.39 is 0 Å². The number of benzene rings is 2. The molecule has 0 spiro atoms. The first-order chi connectivity index (χ1) is 12.2. The van der Waals surface area contributed by atoms with Crippen molar-refractivity contribution in [2.24, 2.45) is 10.1 Å². The average molecular weight is 347 g/mol. The van der Waals surface area contributed by atoms with E-state index in [9.17, 15) is 0 Å². The summed E-state index contributed by atoms with van der Waals surface area (Å²) in [6.07, 6.45) is 0. The van der Waals surface area contributed by atoms with E-state index in [2.05, 4.69) is 29.6 Å². The van der Waals surface area contributed by atoms with Gasteiger partial charge >= 0.3 is 0 Å². The number of hydrazone groups is 1. The molecule has 3 aromatic rings. The van der Waals surface area contributed by atoms with Gasteiger partial charge in [-0.3, -0.25) is 5.43 Å². The highest BCUT2D eigenvalue weighted by molar-refractivity contribution is 7.12. The highest BCUT2D eigenvalue weighted by Gasteiger charge is 2.17. The van der Waals surface area contributed by atoms with E-state index in [0.717, 1.165) is 39.0 Å². The molecule has 0 amide bonds. The minimum absolute atomic E-state index is 0.767. The van der Waals surface area contributed by atoms with Gasteiger partial charge in [0, 0.05) is 11.1 Å². The molecule has 0 saturated carbocycles. The second-order valence-corrected chi connectivity index (χ2v) is 6.71. The fourth-order valence-corrected chi connectivity index (χ4v) is 3.41. The zero-order chi connectivity index (χ0) is 17.2. The molecule has 0 saturated heterocycles. The van der Waals surface area contributed by atoms with Crippen LogP contribution in [0.5, 0.6) is 5.75 Å². The molecule has 25 heavy (non-hydrogen) atoms. The summed E-state index contributed by atoms with van der Waals surface area (Å²) in [5.74, 6) is 1.59. The number of nitrogens with one attached hydrogen (secondary N) is 1. The monoisotopic (exact) mass is 347 g/mol. The van der Waals surface area contributed by atoms with Gasteiger partial charge in [-0.1, -0.05) is 17.7 Å². The number of thiophene rings is 1. The second kappa shape index (κ2) is 6.53. The Labute approximate surface area is 150 Å². The number of hydrogen-bond donors (Lipinski definition) is 1. The molecule has 0 bridgehead atoms. The van der Waals surface area contributed by atoms with Gasteiger partial charge in [-0.05, 0) is 54.8 Å². The van der Waals surface area contributed by atoms with E-state index in [1.807, 2.05) is 47.8 Å². The molecule has 4 nitrogen and oxygen atoms in total. The predicted molar refractivity (Wildman–Crippen MR) is 103 cm³/mol. The molecular weight excluding hydrogens is 330 g/mol. The largest absolute Gasteiger partial charge is 0.497 e. The first-order valence-corrected chi connectivity index (χ1v) is 8.84. The third kappa shape index (κ3) is 3.06. The number of aryl methyl sites for hydroxylation is 1. The molecule has 4 rings (SSSR count). The summed E-state index contributed by atoms with van der Waals surface area (Å²) in [5.41, 5.74) is 8.14. The lowest BCUT2D eigenvalue weighted by molar-refractivity contribution is 0.415. The Balaban J connectivity index is 1.85. The van der Waals surface area contributed by atoms with Gasteiger partial charge in [-0.15, -0.1) is 11.3 Å². The van der Waals surface area contributed by atoms with Crippen LogP contribution in [0.4, 0.5) is 5.69 Å². The maximum absolute atomic E-state index is 5.26. The molecular formula is C20H17N3OS. The number of ether oxygens (including phenoxy) is 1. The van der Waals surface area contributed by atoms with Gasteiger partial charge in [0.05, 0.1) is 23.4 Å². The fraction of sp³-hybridized carbons (Fsp3) is 0.100. The van der Waals surface area contributed by atoms with Gasteiger partial charge in [0.25, 0.3) is 0 Å². The van der Waals surface area contributed by atoms with Gasteiger partial charge in [-0.2, -0.15) is 5.10 Å². The van der Waals surface area contributed by atoms with Gasteiger partial charge in [-0.25, -0.2) is 4.99 Å². The molecule has 1 aliphatic heterocycles. The van der Waals surface area contributed by atoms with Crippen LogP contribution in [0.3, 0.4) is 0 Å². The molecule has 124 valence electrons. The SMILES string of the molecule is COc1ccc(C2=NNC(c3cccs3)=Nc3ccc(C)cc32)cc1. The van der Waals surface area contributed by atoms with Crippen LogP contribution >= 0.6 is 11.3 Å². The Bertz CT molecular complexity index is 957. The molecule has 0 unspecified atom stereocenters. The van der Waals surface area contributed by atoms with Crippen molar-refractivity contribution in [3.05, 3.63) is 81.5 Å². The lowest BCUT2D eigenvalue weighted by Crippen LogP contribution is -2.18. The topological polar surface area (TPSA) is 46.0 Å². The summed E-state index contributed by atoms with van der Waals surface area (Å²) in [5, 5.41) is 6.71. The van der Waals surface area contributed by atoms with Gasteiger partial charge < -0.3 is 4.74 Å². The molecule has 5 heteroatoms. The Kier molecular flexibility index (Phi) is 4.07. The van der Waals surface area contributed by atoms with E-state index in [-0.39, 0.29) is 0 Å². The van der Waals surface area contributed by atoms with E-state index in [0.29, 0.717) is 0 Å². The normalized spacial score (nSPS) is 13.2. The van der Waals surface area contributed by atoms with Crippen molar-refractivity contribution in [1.82, 2.24) is 5.43 Å². The smallest absolute Gasteiger partial charge is 0.164 e. The number of methoxy groups -OCH3 is 1. The van der Waals surface area contributed by atoms with Crippen molar-refractivity contribution in [1.29, 1.82) is 0 Å². The average Bonchev–Trinajstić information content (AvgIpc) is 3.11. The molecule has 1 N–H and O–H groups in total. The van der Waals surface area contributed by atoms with Crippen LogP contribution in [0.25, 0.3) is 0 Å². The molecule has 1 aliphatic rings. The van der Waals surface area contributed by atoms with Crippen molar-refractivity contribution in [2.75, 3.05) is 7.11 Å². The minimum Gasteiger partial charge on any atom is -0.497 e. The lowest BCUT2D eigenvalue weighted by atomic mass is 9.99. The molecule has 1 aromatic heterocycles. The van der Waals surface area contributed by atoms with Crippen LogP contribution < -0.4 is 10.2 Å². The summed E-state index contributed by atoms with van der Waals surface area (Å²) in [4.78, 5) is 5.87. The summed E-state index contributed by atoms with van der Waals surface area (Å²) in [7, 11) is 1.67. The highest BCUT2D eigenvalue weighted by Crippen LogP contribution is 2.28. The molecule has 2 aromatic carbocycles. The maximum Gasteiger partial charge on any atom is 0.164 e. The fourth-order valence-electron chi connectivity index (χ4n) is 2.74. The Morgan fingerprint density at radius 2 is 1.88 bits per heavy atom. The number of aliphatic imine (C=N–C) groups is 1. The first kappa shape index (κ1) is 15.6. The van der Waals surface area contributed by atoms with Gasteiger partial charge in [0.1, 0.15) is 5.75 Å². The van der Waals surface area contributed by atoms with Gasteiger partial charge in [0.15, 0.2) is 5.84 Å². The quantitative estimate of drug-likeness (QED) is 0.758. The summed E-state index contributed by atoms with van der Waals surface area (Å²) < 4.78 is 5.26. The number of fused-ring (bicyclic) bond motifs is 1. The molecule has 2 heterocycles. The first-order valence-electron chi connectivity index (χ1n) is 7.96. The second-order valence-electron chi connectivity index (χ2n) is 5.76. The number of nitrogens with zero attached hydrogens (tertiary/aromatic N) is 2. The highest BCUT2D eigenvalue weighted by atomic mass is 32.1. The summed E-state index contributed by atoms with van der Waals surface area (Å²) in [6, 6.07) is 18.2. The molecule has 0 atom stereocenters. The van der Waals surface area contributed by atoms with Crippen LogP contribution in [-0.4, -0.2) is 18.7 Å². The molecule has 0 fully saturated rings. The zero-order valence-corrected chi connectivity index (χ0v) is 14.8. The number of rotatable bonds is 3. The van der Waals surface area contributed by atoms with E-state index in [1.165, 1.54) is 5.56 Å². The number of hydrogen-bond acceptors (Lipinski definition) is 5. The summed E-state index contributed by atoms with van der Waals surface area (Å²) >= 11 is 1.64. The summed E-state index contributed by atoms with van der Waals surface area (Å²) in [6.45, 7) is 2.08. The van der Waals surface area contributed by atoms with Crippen molar-refractivity contribution >= 4 is 28.6 Å². The van der Waals surface area contributed by atoms with E-state index in [4.69, 9.17) is 9.73 Å². The van der Waals surface area contributed by atoms with Gasteiger partial charge in [0.2, 0.25) is 0 Å². The number of amidine groups is 1. The Hall–Kier alpha value is -2.92. The van der Waals surface area contributed by atoms with E-state index in [1.54, 1.807) is 18.4 Å². The minimum atomic E-state index is 0.767. The van der Waals surface area contributed by atoms with Crippen molar-refractivity contribution in [2.45, 2.75) is 6.92 Å². The van der Waals surface area contributed by atoms with Crippen LogP contribution in [-0.2, 0) is 0 Å². The third-order valence-electron chi connectivity index (χ3n) is 4.03.